The Balaban J connectivity index is 4.43. The second-order valence-corrected chi connectivity index (χ2v) is 5.61. The molecule has 0 aromatic heterocycles. The summed E-state index contributed by atoms with van der Waals surface area (Å²) < 4.78 is 17.4. The van der Waals surface area contributed by atoms with Crippen LogP contribution in [-0.2, 0) is 14.3 Å². The highest BCUT2D eigenvalue weighted by molar-refractivity contribution is 5.80. The number of carboxylic acid groups (broad SMARTS) is 1. The summed E-state index contributed by atoms with van der Waals surface area (Å²) in [6.45, 7) is 8.22. The molecule has 1 atom stereocenters. The molecule has 0 aromatic carbocycles. The number of amides is 1. The van der Waals surface area contributed by atoms with E-state index in [9.17, 15) is 9.59 Å². The van der Waals surface area contributed by atoms with E-state index in [1.165, 1.54) is 0 Å². The summed E-state index contributed by atoms with van der Waals surface area (Å²) in [7, 11) is 0. The number of carbonyl (C=O) groups is 2. The molecule has 18 heavy (non-hydrogen) atoms. The van der Waals surface area contributed by atoms with Crippen molar-refractivity contribution in [2.75, 3.05) is 6.61 Å². The molecule has 0 spiro atoms. The lowest BCUT2D eigenvalue weighted by Crippen LogP contribution is -2.47. The van der Waals surface area contributed by atoms with Gasteiger partial charge in [0.15, 0.2) is 6.04 Å². The Labute approximate surface area is 109 Å². The van der Waals surface area contributed by atoms with Crippen molar-refractivity contribution in [1.82, 2.24) is 5.32 Å². The fraction of sp³-hybridized carbons (Fsp3) is 0.833. The Bertz CT molecular complexity index is 325. The van der Waals surface area contributed by atoms with Gasteiger partial charge in [0.1, 0.15) is 5.60 Å². The predicted molar refractivity (Wildman–Crippen MR) is 66.5 cm³/mol. The summed E-state index contributed by atoms with van der Waals surface area (Å²) in [5, 5.41) is 11.2. The Kier molecular flexibility index (Phi) is 4.95. The summed E-state index contributed by atoms with van der Waals surface area (Å²) >= 11 is 0. The molecule has 0 radical (unpaired) electrons. The van der Waals surface area contributed by atoms with Crippen molar-refractivity contribution >= 4 is 12.1 Å². The molecule has 0 bridgehead atoms. The van der Waals surface area contributed by atoms with Gasteiger partial charge < -0.3 is 19.9 Å². The van der Waals surface area contributed by atoms with Crippen molar-refractivity contribution in [1.29, 1.82) is 0 Å². The first-order chi connectivity index (χ1) is 8.47. The number of carbonyl (C=O) groups excluding carboxylic acids is 1. The van der Waals surface area contributed by atoms with Crippen LogP contribution in [0.25, 0.3) is 0 Å². The molecule has 2 N–H and O–H groups in total. The van der Waals surface area contributed by atoms with Crippen LogP contribution < -0.4 is 5.32 Å². The molecule has 0 saturated heterocycles. The van der Waals surface area contributed by atoms with Gasteiger partial charge in [-0.05, 0) is 41.5 Å². The number of alkyl carbamates (subject to hydrolysis) is 1. The van der Waals surface area contributed by atoms with Crippen LogP contribution in [0, 0.1) is 0 Å². The minimum Gasteiger partial charge on any atom is -0.480 e. The van der Waals surface area contributed by atoms with Crippen molar-refractivity contribution in [3.63, 3.8) is 0 Å². The van der Waals surface area contributed by atoms with Gasteiger partial charge in [0.05, 0.1) is 12.2 Å². The molecule has 0 rings (SSSR count). The molecule has 0 aliphatic carbocycles. The number of aliphatic carboxylic acids is 1. The highest BCUT2D eigenvalue weighted by Crippen LogP contribution is 2.09. The fourth-order valence-corrected chi connectivity index (χ4v) is 0.931. The lowest BCUT2D eigenvalue weighted by molar-refractivity contribution is -0.142. The molecular formula is C12H23NO5. The molecule has 0 aliphatic rings. The third kappa shape index (κ3) is 8.81. The molecular weight excluding hydrogens is 238 g/mol. The normalized spacial score (nSPS) is 14.6. The van der Waals surface area contributed by atoms with Crippen LogP contribution in [0.2, 0.25) is 0 Å². The maximum Gasteiger partial charge on any atom is 0.408 e. The van der Waals surface area contributed by atoms with E-state index in [4.69, 9.17) is 16.0 Å². The summed E-state index contributed by atoms with van der Waals surface area (Å²) in [5.74, 6) is -1.20. The second-order valence-electron chi connectivity index (χ2n) is 5.61. The van der Waals surface area contributed by atoms with E-state index in [1.54, 1.807) is 34.6 Å². The molecule has 0 aromatic rings. The lowest BCUT2D eigenvalue weighted by atomic mass is 10.2. The molecule has 6 heteroatoms. The topological polar surface area (TPSA) is 84.9 Å². The van der Waals surface area contributed by atoms with Crippen molar-refractivity contribution in [3.05, 3.63) is 0 Å². The summed E-state index contributed by atoms with van der Waals surface area (Å²) in [4.78, 5) is 22.5. The minimum absolute atomic E-state index is 0.114. The van der Waals surface area contributed by atoms with Gasteiger partial charge in [-0.1, -0.05) is 0 Å². The third-order valence-electron chi connectivity index (χ3n) is 1.64. The number of hydrogen-bond acceptors (Lipinski definition) is 4. The van der Waals surface area contributed by atoms with E-state index >= 15 is 0 Å². The molecule has 0 unspecified atom stereocenters. The van der Waals surface area contributed by atoms with Gasteiger partial charge in [0, 0.05) is 1.37 Å². The van der Waals surface area contributed by atoms with Crippen molar-refractivity contribution in [2.45, 2.75) is 58.8 Å². The quantitative estimate of drug-likeness (QED) is 0.806. The van der Waals surface area contributed by atoms with Gasteiger partial charge in [0.25, 0.3) is 0 Å². The van der Waals surface area contributed by atoms with Gasteiger partial charge in [-0.3, -0.25) is 0 Å². The van der Waals surface area contributed by atoms with Crippen molar-refractivity contribution in [2.24, 2.45) is 0 Å². The molecule has 0 aliphatic heterocycles. The van der Waals surface area contributed by atoms with E-state index in [0.717, 1.165) is 0 Å². The Hall–Kier alpha value is -1.30. The number of rotatable bonds is 4. The zero-order valence-electron chi connectivity index (χ0n) is 12.6. The number of hydrogen-bond donors (Lipinski definition) is 2. The van der Waals surface area contributed by atoms with Crippen LogP contribution >= 0.6 is 0 Å². The predicted octanol–water partition coefficient (Wildman–Crippen LogP) is 1.78. The summed E-state index contributed by atoms with van der Waals surface area (Å²) in [6, 6.07) is -1.19. The van der Waals surface area contributed by atoms with Crippen LogP contribution in [0.4, 0.5) is 4.79 Å². The highest BCUT2D eigenvalue weighted by Gasteiger charge is 2.25. The fourth-order valence-electron chi connectivity index (χ4n) is 0.931. The van der Waals surface area contributed by atoms with Crippen LogP contribution in [-0.4, -0.2) is 41.0 Å². The highest BCUT2D eigenvalue weighted by atomic mass is 16.6. The molecule has 0 heterocycles. The Morgan fingerprint density at radius 1 is 1.28 bits per heavy atom. The van der Waals surface area contributed by atoms with Crippen molar-refractivity contribution < 1.29 is 25.5 Å². The monoisotopic (exact) mass is 262 g/mol. The molecule has 1 amide bonds. The Morgan fingerprint density at radius 2 is 1.83 bits per heavy atom. The second kappa shape index (κ2) is 6.04. The Morgan fingerprint density at radius 3 is 2.22 bits per heavy atom. The maximum absolute atomic E-state index is 11.5. The maximum atomic E-state index is 11.5. The van der Waals surface area contributed by atoms with E-state index in [1.807, 2.05) is 0 Å². The third-order valence-corrected chi connectivity index (χ3v) is 1.64. The van der Waals surface area contributed by atoms with Gasteiger partial charge in [-0.15, -0.1) is 0 Å². The first-order valence-corrected chi connectivity index (χ1v) is 5.62. The van der Waals surface area contributed by atoms with Crippen LogP contribution in [0.3, 0.4) is 0 Å². The standard InChI is InChI=1S/C12H23NO5/c1-11(2,3)17-7-8(9(14)15)13-10(16)18-12(4,5)6/h8H,7H2,1-6H3,(H,13,16)(H,14,15)/t8-/m0/s1/i4D. The zero-order chi connectivity index (χ0) is 15.3. The number of ether oxygens (including phenoxy) is 2. The number of nitrogens with one attached hydrogen (secondary N) is 1. The lowest BCUT2D eigenvalue weighted by Gasteiger charge is -2.25. The molecule has 0 saturated carbocycles. The average molecular weight is 262 g/mol. The van der Waals surface area contributed by atoms with E-state index in [2.05, 4.69) is 5.32 Å². The summed E-state index contributed by atoms with van der Waals surface area (Å²) in [6.07, 6.45) is -0.873. The van der Waals surface area contributed by atoms with Crippen molar-refractivity contribution in [3.8, 4) is 0 Å². The summed E-state index contributed by atoms with van der Waals surface area (Å²) in [5.41, 5.74) is -1.46. The molecule has 0 fully saturated rings. The molecule has 6 nitrogen and oxygen atoms in total. The number of carboxylic acids is 1. The van der Waals surface area contributed by atoms with E-state index in [0.29, 0.717) is 0 Å². The van der Waals surface area contributed by atoms with Gasteiger partial charge >= 0.3 is 12.1 Å². The van der Waals surface area contributed by atoms with E-state index in [-0.39, 0.29) is 13.5 Å². The first kappa shape index (κ1) is 14.8. The smallest absolute Gasteiger partial charge is 0.408 e. The van der Waals surface area contributed by atoms with Crippen LogP contribution in [0.15, 0.2) is 0 Å². The van der Waals surface area contributed by atoms with E-state index < -0.39 is 29.3 Å². The SMILES string of the molecule is [2H]CC(C)(C)OC(=O)N[C@@H](COC(C)(C)C)C(=O)O. The average Bonchev–Trinajstić information content (AvgIpc) is 2.21. The van der Waals surface area contributed by atoms with Crippen LogP contribution in [0.1, 0.15) is 42.9 Å². The first-order valence-electron chi connectivity index (χ1n) is 6.33. The van der Waals surface area contributed by atoms with Gasteiger partial charge in [-0.2, -0.15) is 0 Å². The largest absolute Gasteiger partial charge is 0.480 e. The van der Waals surface area contributed by atoms with Gasteiger partial charge in [-0.25, -0.2) is 9.59 Å². The zero-order valence-corrected chi connectivity index (χ0v) is 11.6. The van der Waals surface area contributed by atoms with Crippen LogP contribution in [0.5, 0.6) is 0 Å². The van der Waals surface area contributed by atoms with Gasteiger partial charge in [0.2, 0.25) is 0 Å². The molecule has 106 valence electrons. The minimum atomic E-state index is -1.20.